The van der Waals surface area contributed by atoms with Crippen LogP contribution in [0.25, 0.3) is 0 Å². The fourth-order valence-electron chi connectivity index (χ4n) is 1.66. The molecule has 0 amide bonds. The van der Waals surface area contributed by atoms with Crippen LogP contribution in [0.1, 0.15) is 25.7 Å². The number of hydrogen-bond donors (Lipinski definition) is 1. The van der Waals surface area contributed by atoms with Gasteiger partial charge in [-0.15, -0.1) is 13.2 Å². The first kappa shape index (κ1) is 10.8. The van der Waals surface area contributed by atoms with Gasteiger partial charge in [0.2, 0.25) is 0 Å². The SMILES string of the molecule is CNC1CCC(OC(F)(F)F)CC1. The molecule has 0 spiro atoms. The summed E-state index contributed by atoms with van der Waals surface area (Å²) in [5.41, 5.74) is 0. The fraction of sp³-hybridized carbons (Fsp3) is 1.00. The van der Waals surface area contributed by atoms with E-state index in [1.807, 2.05) is 7.05 Å². The highest BCUT2D eigenvalue weighted by atomic mass is 19.4. The number of halogens is 3. The molecule has 1 saturated carbocycles. The number of hydrogen-bond acceptors (Lipinski definition) is 2. The van der Waals surface area contributed by atoms with E-state index in [-0.39, 0.29) is 0 Å². The molecule has 2 nitrogen and oxygen atoms in total. The largest absolute Gasteiger partial charge is 0.522 e. The Morgan fingerprint density at radius 3 is 2.08 bits per heavy atom. The highest BCUT2D eigenvalue weighted by molar-refractivity contribution is 4.76. The maximum Gasteiger partial charge on any atom is 0.522 e. The van der Waals surface area contributed by atoms with Crippen molar-refractivity contribution in [2.75, 3.05) is 7.05 Å². The van der Waals surface area contributed by atoms with E-state index in [0.29, 0.717) is 18.9 Å². The topological polar surface area (TPSA) is 21.3 Å². The van der Waals surface area contributed by atoms with Gasteiger partial charge in [-0.2, -0.15) is 0 Å². The Kier molecular flexibility index (Phi) is 3.55. The lowest BCUT2D eigenvalue weighted by atomic mass is 9.93. The Balaban J connectivity index is 2.25. The maximum atomic E-state index is 11.8. The smallest absolute Gasteiger partial charge is 0.317 e. The summed E-state index contributed by atoms with van der Waals surface area (Å²) in [5, 5.41) is 3.05. The second kappa shape index (κ2) is 4.28. The predicted octanol–water partition coefficient (Wildman–Crippen LogP) is 2.05. The van der Waals surface area contributed by atoms with Crippen LogP contribution in [0.5, 0.6) is 0 Å². The van der Waals surface area contributed by atoms with Crippen LogP contribution in [0.2, 0.25) is 0 Å². The van der Waals surface area contributed by atoms with Crippen LogP contribution in [0.3, 0.4) is 0 Å². The van der Waals surface area contributed by atoms with Gasteiger partial charge in [0.15, 0.2) is 0 Å². The van der Waals surface area contributed by atoms with Crippen LogP contribution in [0, 0.1) is 0 Å². The molecule has 1 aliphatic carbocycles. The lowest BCUT2D eigenvalue weighted by molar-refractivity contribution is -0.345. The lowest BCUT2D eigenvalue weighted by Crippen LogP contribution is -2.35. The first-order chi connectivity index (χ1) is 6.01. The third-order valence-corrected chi connectivity index (χ3v) is 2.38. The van der Waals surface area contributed by atoms with Gasteiger partial charge in [0.1, 0.15) is 0 Å². The molecule has 0 atom stereocenters. The molecule has 1 fully saturated rings. The summed E-state index contributed by atoms with van der Waals surface area (Å²) in [6.45, 7) is 0. The predicted molar refractivity (Wildman–Crippen MR) is 42.2 cm³/mol. The molecule has 1 aliphatic rings. The van der Waals surface area contributed by atoms with Gasteiger partial charge in [-0.25, -0.2) is 0 Å². The van der Waals surface area contributed by atoms with E-state index in [0.717, 1.165) is 12.8 Å². The second-order valence-electron chi connectivity index (χ2n) is 3.33. The molecule has 1 rings (SSSR count). The molecule has 0 aromatic rings. The minimum Gasteiger partial charge on any atom is -0.317 e. The quantitative estimate of drug-likeness (QED) is 0.731. The van der Waals surface area contributed by atoms with Gasteiger partial charge >= 0.3 is 6.36 Å². The third kappa shape index (κ3) is 3.95. The zero-order chi connectivity index (χ0) is 9.90. The third-order valence-electron chi connectivity index (χ3n) is 2.38. The Morgan fingerprint density at radius 1 is 1.15 bits per heavy atom. The van der Waals surface area contributed by atoms with E-state index >= 15 is 0 Å². The molecule has 0 aliphatic heterocycles. The highest BCUT2D eigenvalue weighted by Crippen LogP contribution is 2.27. The molecule has 0 aromatic carbocycles. The monoisotopic (exact) mass is 197 g/mol. The van der Waals surface area contributed by atoms with Gasteiger partial charge in [-0.3, -0.25) is 4.74 Å². The van der Waals surface area contributed by atoms with Crippen molar-refractivity contribution in [1.82, 2.24) is 5.32 Å². The van der Waals surface area contributed by atoms with Crippen molar-refractivity contribution in [2.24, 2.45) is 0 Å². The van der Waals surface area contributed by atoms with Gasteiger partial charge in [-0.05, 0) is 32.7 Å². The summed E-state index contributed by atoms with van der Waals surface area (Å²) in [6.07, 6.45) is -2.61. The van der Waals surface area contributed by atoms with Crippen molar-refractivity contribution in [3.05, 3.63) is 0 Å². The standard InChI is InChI=1S/C8H14F3NO/c1-12-6-2-4-7(5-3-6)13-8(9,10)11/h6-7,12H,2-5H2,1H3. The summed E-state index contributed by atoms with van der Waals surface area (Å²) >= 11 is 0. The average Bonchev–Trinajstić information content (AvgIpc) is 2.03. The Hall–Kier alpha value is -0.290. The molecule has 5 heteroatoms. The summed E-state index contributed by atoms with van der Waals surface area (Å²) in [7, 11) is 1.83. The number of rotatable bonds is 2. The van der Waals surface area contributed by atoms with Crippen molar-refractivity contribution in [3.8, 4) is 0 Å². The molecule has 0 heterocycles. The van der Waals surface area contributed by atoms with Crippen LogP contribution in [-0.4, -0.2) is 25.6 Å². The van der Waals surface area contributed by atoms with E-state index < -0.39 is 12.5 Å². The van der Waals surface area contributed by atoms with Gasteiger partial charge in [-0.1, -0.05) is 0 Å². The van der Waals surface area contributed by atoms with E-state index in [2.05, 4.69) is 10.1 Å². The number of alkyl halides is 3. The number of nitrogens with one attached hydrogen (secondary N) is 1. The Labute approximate surface area is 75.4 Å². The van der Waals surface area contributed by atoms with Gasteiger partial charge in [0.05, 0.1) is 6.10 Å². The summed E-state index contributed by atoms with van der Waals surface area (Å²) in [5.74, 6) is 0. The van der Waals surface area contributed by atoms with Gasteiger partial charge in [0.25, 0.3) is 0 Å². The molecule has 1 N–H and O–H groups in total. The Bertz CT molecular complexity index is 152. The van der Waals surface area contributed by atoms with Crippen molar-refractivity contribution in [1.29, 1.82) is 0 Å². The minimum absolute atomic E-state index is 0.355. The summed E-state index contributed by atoms with van der Waals surface area (Å²) in [4.78, 5) is 0. The summed E-state index contributed by atoms with van der Waals surface area (Å²) < 4.78 is 39.3. The molecular formula is C8H14F3NO. The molecule has 13 heavy (non-hydrogen) atoms. The van der Waals surface area contributed by atoms with Crippen LogP contribution >= 0.6 is 0 Å². The molecule has 0 unspecified atom stereocenters. The minimum atomic E-state index is -4.48. The lowest BCUT2D eigenvalue weighted by Gasteiger charge is -2.28. The van der Waals surface area contributed by atoms with Crippen LogP contribution in [0.15, 0.2) is 0 Å². The van der Waals surface area contributed by atoms with E-state index in [4.69, 9.17) is 0 Å². The molecule has 0 saturated heterocycles. The van der Waals surface area contributed by atoms with Crippen molar-refractivity contribution >= 4 is 0 Å². The average molecular weight is 197 g/mol. The molecule has 0 bridgehead atoms. The molecular weight excluding hydrogens is 183 g/mol. The van der Waals surface area contributed by atoms with Gasteiger partial charge in [0, 0.05) is 6.04 Å². The molecule has 78 valence electrons. The van der Waals surface area contributed by atoms with Gasteiger partial charge < -0.3 is 5.32 Å². The molecule has 0 aromatic heterocycles. The molecule has 0 radical (unpaired) electrons. The second-order valence-corrected chi connectivity index (χ2v) is 3.33. The zero-order valence-corrected chi connectivity index (χ0v) is 7.53. The summed E-state index contributed by atoms with van der Waals surface area (Å²) in [6, 6.07) is 0.355. The van der Waals surface area contributed by atoms with Crippen LogP contribution in [0.4, 0.5) is 13.2 Å². The Morgan fingerprint density at radius 2 is 1.69 bits per heavy atom. The van der Waals surface area contributed by atoms with Crippen molar-refractivity contribution < 1.29 is 17.9 Å². The first-order valence-corrected chi connectivity index (χ1v) is 4.43. The number of ether oxygens (including phenoxy) is 1. The van der Waals surface area contributed by atoms with E-state index in [1.54, 1.807) is 0 Å². The first-order valence-electron chi connectivity index (χ1n) is 4.43. The van der Waals surface area contributed by atoms with Crippen LogP contribution < -0.4 is 5.32 Å². The normalized spacial score (nSPS) is 30.5. The van der Waals surface area contributed by atoms with Crippen LogP contribution in [-0.2, 0) is 4.74 Å². The van der Waals surface area contributed by atoms with Crippen molar-refractivity contribution in [3.63, 3.8) is 0 Å². The van der Waals surface area contributed by atoms with E-state index in [9.17, 15) is 13.2 Å². The highest BCUT2D eigenvalue weighted by Gasteiger charge is 2.34. The van der Waals surface area contributed by atoms with E-state index in [1.165, 1.54) is 0 Å². The zero-order valence-electron chi connectivity index (χ0n) is 7.53. The maximum absolute atomic E-state index is 11.8. The fourth-order valence-corrected chi connectivity index (χ4v) is 1.66. The van der Waals surface area contributed by atoms with Crippen molar-refractivity contribution in [2.45, 2.75) is 44.2 Å².